The summed E-state index contributed by atoms with van der Waals surface area (Å²) in [4.78, 5) is 2.41. The highest BCUT2D eigenvalue weighted by molar-refractivity contribution is 6.31. The normalized spacial score (nSPS) is 32.5. The Balaban J connectivity index is 1.95. The number of nitrogens with zero attached hydrogens (tertiary/aromatic N) is 1. The van der Waals surface area contributed by atoms with Gasteiger partial charge in [-0.3, -0.25) is 4.90 Å². The van der Waals surface area contributed by atoms with E-state index in [9.17, 15) is 0 Å². The Morgan fingerprint density at radius 2 is 2.28 bits per heavy atom. The molecule has 0 saturated carbocycles. The lowest BCUT2D eigenvalue weighted by Crippen LogP contribution is -2.53. The summed E-state index contributed by atoms with van der Waals surface area (Å²) in [5.41, 5.74) is 0. The molecular formula is C15H25ClN2. The van der Waals surface area contributed by atoms with E-state index in [1.54, 1.807) is 0 Å². The molecule has 3 unspecified atom stereocenters. The second-order valence-corrected chi connectivity index (χ2v) is 6.43. The van der Waals surface area contributed by atoms with Crippen molar-refractivity contribution in [1.29, 1.82) is 0 Å². The predicted octanol–water partition coefficient (Wildman–Crippen LogP) is 3.00. The molecule has 2 rings (SSSR count). The average Bonchev–Trinajstić information content (AvgIpc) is 2.32. The zero-order chi connectivity index (χ0) is 13.1. The quantitative estimate of drug-likeness (QED) is 0.843. The van der Waals surface area contributed by atoms with Gasteiger partial charge in [-0.15, -0.1) is 0 Å². The van der Waals surface area contributed by atoms with Crippen molar-refractivity contribution in [2.45, 2.75) is 38.8 Å². The fraction of sp³-hybridized carbons (Fsp3) is 0.733. The first-order valence-electron chi connectivity index (χ1n) is 7.07. The Hall–Kier alpha value is -0.310. The van der Waals surface area contributed by atoms with E-state index in [0.29, 0.717) is 18.0 Å². The van der Waals surface area contributed by atoms with Gasteiger partial charge in [-0.2, -0.15) is 0 Å². The van der Waals surface area contributed by atoms with Gasteiger partial charge in [-0.05, 0) is 51.0 Å². The highest BCUT2D eigenvalue weighted by atomic mass is 35.5. The molecule has 18 heavy (non-hydrogen) atoms. The molecule has 1 fully saturated rings. The molecule has 0 aromatic heterocycles. The van der Waals surface area contributed by atoms with Gasteiger partial charge in [-0.25, -0.2) is 0 Å². The molecule has 0 amide bonds. The van der Waals surface area contributed by atoms with Crippen LogP contribution >= 0.6 is 11.6 Å². The molecule has 1 aliphatic carbocycles. The van der Waals surface area contributed by atoms with Crippen molar-refractivity contribution < 1.29 is 0 Å². The lowest BCUT2D eigenvalue weighted by molar-refractivity contribution is 0.142. The molecule has 0 bridgehead atoms. The number of halogens is 1. The summed E-state index contributed by atoms with van der Waals surface area (Å²) in [6.45, 7) is 6.83. The SMILES string of the molecule is CC(C)CCNC1CCN(C)C2C=C(Cl)C=CC12. The molecule has 1 N–H and O–H groups in total. The number of likely N-dealkylation sites (tertiary alicyclic amines) is 1. The highest BCUT2D eigenvalue weighted by Crippen LogP contribution is 2.30. The van der Waals surface area contributed by atoms with Crippen LogP contribution in [0.15, 0.2) is 23.3 Å². The molecule has 0 radical (unpaired) electrons. The maximum atomic E-state index is 6.12. The van der Waals surface area contributed by atoms with Crippen molar-refractivity contribution in [3.8, 4) is 0 Å². The minimum atomic E-state index is 0.466. The molecular weight excluding hydrogens is 244 g/mol. The summed E-state index contributed by atoms with van der Waals surface area (Å²) in [5.74, 6) is 1.34. The Bertz CT molecular complexity index is 335. The summed E-state index contributed by atoms with van der Waals surface area (Å²) in [6.07, 6.45) is 9.02. The molecule has 3 atom stereocenters. The summed E-state index contributed by atoms with van der Waals surface area (Å²) in [5, 5.41) is 4.62. The smallest absolute Gasteiger partial charge is 0.0378 e. The van der Waals surface area contributed by atoms with E-state index in [-0.39, 0.29) is 0 Å². The number of piperidine rings is 1. The summed E-state index contributed by atoms with van der Waals surface area (Å²) in [7, 11) is 2.20. The van der Waals surface area contributed by atoms with Crippen LogP contribution in [0.2, 0.25) is 0 Å². The number of rotatable bonds is 4. The molecule has 1 heterocycles. The number of nitrogens with one attached hydrogen (secondary N) is 1. The van der Waals surface area contributed by atoms with Gasteiger partial charge in [-0.1, -0.05) is 31.5 Å². The van der Waals surface area contributed by atoms with Gasteiger partial charge in [0.15, 0.2) is 0 Å². The fourth-order valence-corrected chi connectivity index (χ4v) is 3.12. The molecule has 0 aromatic rings. The summed E-state index contributed by atoms with van der Waals surface area (Å²) >= 11 is 6.12. The van der Waals surface area contributed by atoms with Crippen LogP contribution in [0.1, 0.15) is 26.7 Å². The predicted molar refractivity (Wildman–Crippen MR) is 78.8 cm³/mol. The van der Waals surface area contributed by atoms with E-state index in [4.69, 9.17) is 11.6 Å². The second kappa shape index (κ2) is 6.23. The van der Waals surface area contributed by atoms with E-state index in [1.165, 1.54) is 12.8 Å². The largest absolute Gasteiger partial charge is 0.313 e. The molecule has 1 saturated heterocycles. The number of hydrogen-bond donors (Lipinski definition) is 1. The van der Waals surface area contributed by atoms with Crippen molar-refractivity contribution in [1.82, 2.24) is 10.2 Å². The van der Waals surface area contributed by atoms with Crippen molar-refractivity contribution in [3.05, 3.63) is 23.3 Å². The fourth-order valence-electron chi connectivity index (χ4n) is 2.92. The number of hydrogen-bond acceptors (Lipinski definition) is 2. The number of fused-ring (bicyclic) bond motifs is 1. The number of likely N-dealkylation sites (N-methyl/N-ethyl adjacent to an activating group) is 1. The van der Waals surface area contributed by atoms with Crippen LogP contribution in [0.25, 0.3) is 0 Å². The highest BCUT2D eigenvalue weighted by Gasteiger charge is 2.34. The van der Waals surface area contributed by atoms with Crippen LogP contribution in [0.3, 0.4) is 0 Å². The zero-order valence-corrected chi connectivity index (χ0v) is 12.5. The van der Waals surface area contributed by atoms with Crippen LogP contribution in [0.5, 0.6) is 0 Å². The third-order valence-corrected chi connectivity index (χ3v) is 4.35. The number of allylic oxidation sites excluding steroid dienone is 2. The maximum absolute atomic E-state index is 6.12. The van der Waals surface area contributed by atoms with Gasteiger partial charge in [0.05, 0.1) is 0 Å². The van der Waals surface area contributed by atoms with Gasteiger partial charge < -0.3 is 5.32 Å². The van der Waals surface area contributed by atoms with Gasteiger partial charge >= 0.3 is 0 Å². The Morgan fingerprint density at radius 1 is 1.50 bits per heavy atom. The van der Waals surface area contributed by atoms with Gasteiger partial charge in [0, 0.05) is 23.0 Å². The van der Waals surface area contributed by atoms with E-state index in [0.717, 1.165) is 24.0 Å². The second-order valence-electron chi connectivity index (χ2n) is 5.99. The first kappa shape index (κ1) is 14.1. The topological polar surface area (TPSA) is 15.3 Å². The van der Waals surface area contributed by atoms with Crippen molar-refractivity contribution in [2.75, 3.05) is 20.1 Å². The van der Waals surface area contributed by atoms with Crippen molar-refractivity contribution in [3.63, 3.8) is 0 Å². The van der Waals surface area contributed by atoms with E-state index >= 15 is 0 Å². The Labute approximate surface area is 116 Å². The van der Waals surface area contributed by atoms with Crippen molar-refractivity contribution in [2.24, 2.45) is 11.8 Å². The van der Waals surface area contributed by atoms with Crippen LogP contribution < -0.4 is 5.32 Å². The summed E-state index contributed by atoms with van der Waals surface area (Å²) < 4.78 is 0. The molecule has 0 aromatic carbocycles. The van der Waals surface area contributed by atoms with Crippen LogP contribution in [-0.2, 0) is 0 Å². The monoisotopic (exact) mass is 268 g/mol. The molecule has 3 heteroatoms. The Morgan fingerprint density at radius 3 is 3.00 bits per heavy atom. The lowest BCUT2D eigenvalue weighted by Gasteiger charge is -2.43. The van der Waals surface area contributed by atoms with Gasteiger partial charge in [0.2, 0.25) is 0 Å². The van der Waals surface area contributed by atoms with E-state index < -0.39 is 0 Å². The van der Waals surface area contributed by atoms with E-state index in [2.05, 4.69) is 49.3 Å². The van der Waals surface area contributed by atoms with E-state index in [1.807, 2.05) is 0 Å². The minimum absolute atomic E-state index is 0.466. The average molecular weight is 269 g/mol. The first-order chi connectivity index (χ1) is 8.58. The van der Waals surface area contributed by atoms with Crippen molar-refractivity contribution >= 4 is 11.6 Å². The molecule has 102 valence electrons. The first-order valence-corrected chi connectivity index (χ1v) is 7.45. The standard InChI is InChI=1S/C15H25ClN2/c1-11(2)6-8-17-14-7-9-18(3)15-10-12(16)4-5-13(14)15/h4-5,10-11,13-15,17H,6-9H2,1-3H3. The van der Waals surface area contributed by atoms with Gasteiger partial charge in [0.25, 0.3) is 0 Å². The summed E-state index contributed by atoms with van der Waals surface area (Å²) in [6, 6.07) is 1.06. The molecule has 2 aliphatic rings. The third kappa shape index (κ3) is 3.37. The Kier molecular flexibility index (Phi) is 4.88. The van der Waals surface area contributed by atoms with Crippen LogP contribution in [-0.4, -0.2) is 37.1 Å². The van der Waals surface area contributed by atoms with Crippen LogP contribution in [0.4, 0.5) is 0 Å². The minimum Gasteiger partial charge on any atom is -0.313 e. The molecule has 2 nitrogen and oxygen atoms in total. The van der Waals surface area contributed by atoms with Crippen LogP contribution in [0, 0.1) is 11.8 Å². The lowest BCUT2D eigenvalue weighted by atomic mass is 9.82. The zero-order valence-electron chi connectivity index (χ0n) is 11.7. The third-order valence-electron chi connectivity index (χ3n) is 4.10. The molecule has 0 spiro atoms. The van der Waals surface area contributed by atoms with Gasteiger partial charge in [0.1, 0.15) is 0 Å². The molecule has 1 aliphatic heterocycles. The maximum Gasteiger partial charge on any atom is 0.0378 e.